The number of ether oxygens (including phenoxy) is 1. The molecule has 1 saturated heterocycles. The van der Waals surface area contributed by atoms with Crippen LogP contribution >= 0.6 is 0 Å². The third kappa shape index (κ3) is 1.54. The van der Waals surface area contributed by atoms with Crippen LogP contribution in [0.4, 0.5) is 0 Å². The Morgan fingerprint density at radius 1 is 1.09 bits per heavy atom. The minimum Gasteiger partial charge on any atom is -0.393 e. The van der Waals surface area contributed by atoms with Gasteiger partial charge in [-0.3, -0.25) is 0 Å². The molecular formula is C20H30O2. The van der Waals surface area contributed by atoms with E-state index in [0.29, 0.717) is 10.8 Å². The monoisotopic (exact) mass is 302 g/mol. The number of epoxide rings is 1. The molecule has 1 N–H and O–H groups in total. The Labute approximate surface area is 134 Å². The lowest BCUT2D eigenvalue weighted by Gasteiger charge is -2.57. The zero-order valence-electron chi connectivity index (χ0n) is 14.1. The lowest BCUT2D eigenvalue weighted by molar-refractivity contribution is -0.0556. The molecule has 5 aliphatic rings. The molecule has 0 radical (unpaired) electrons. The Morgan fingerprint density at radius 3 is 2.64 bits per heavy atom. The number of aliphatic hydroxyl groups excluding tert-OH is 1. The topological polar surface area (TPSA) is 32.8 Å². The summed E-state index contributed by atoms with van der Waals surface area (Å²) in [5.74, 6) is 2.59. The normalized spacial score (nSPS) is 59.5. The third-order valence-electron chi connectivity index (χ3n) is 8.86. The quantitative estimate of drug-likeness (QED) is 0.540. The van der Waals surface area contributed by atoms with E-state index >= 15 is 0 Å². The van der Waals surface area contributed by atoms with Crippen LogP contribution in [0.3, 0.4) is 0 Å². The largest absolute Gasteiger partial charge is 0.393 e. The second kappa shape index (κ2) is 4.19. The van der Waals surface area contributed by atoms with E-state index in [0.717, 1.165) is 37.2 Å². The van der Waals surface area contributed by atoms with Crippen molar-refractivity contribution in [1.82, 2.24) is 0 Å². The zero-order valence-corrected chi connectivity index (χ0v) is 14.1. The number of rotatable bonds is 0. The van der Waals surface area contributed by atoms with Crippen molar-refractivity contribution in [3.05, 3.63) is 11.6 Å². The second-order valence-corrected chi connectivity index (χ2v) is 9.43. The average Bonchev–Trinajstić information content (AvgIpc) is 3.22. The first-order chi connectivity index (χ1) is 10.5. The van der Waals surface area contributed by atoms with E-state index in [-0.39, 0.29) is 11.7 Å². The highest BCUT2D eigenvalue weighted by Gasteiger charge is 2.69. The summed E-state index contributed by atoms with van der Waals surface area (Å²) >= 11 is 0. The number of aliphatic hydroxyl groups is 1. The van der Waals surface area contributed by atoms with Gasteiger partial charge in [0.15, 0.2) is 0 Å². The molecule has 0 unspecified atom stereocenters. The number of hydrogen-bond acceptors (Lipinski definition) is 2. The fraction of sp³-hybridized carbons (Fsp3) is 0.900. The molecule has 1 aliphatic heterocycles. The van der Waals surface area contributed by atoms with Gasteiger partial charge in [0.25, 0.3) is 0 Å². The van der Waals surface area contributed by atoms with Crippen molar-refractivity contribution in [1.29, 1.82) is 0 Å². The lowest BCUT2D eigenvalue weighted by atomic mass is 9.47. The maximum Gasteiger partial charge on any atom is 0.0972 e. The van der Waals surface area contributed by atoms with Crippen molar-refractivity contribution in [3.63, 3.8) is 0 Å². The minimum absolute atomic E-state index is 0.0839. The van der Waals surface area contributed by atoms with Crippen molar-refractivity contribution in [3.8, 4) is 0 Å². The van der Waals surface area contributed by atoms with Crippen LogP contribution in [-0.2, 0) is 4.74 Å². The summed E-state index contributed by atoms with van der Waals surface area (Å²) in [5, 5.41) is 10.1. The Balaban J connectivity index is 1.51. The van der Waals surface area contributed by atoms with Gasteiger partial charge in [0.05, 0.1) is 18.3 Å². The molecule has 5 rings (SSSR count). The van der Waals surface area contributed by atoms with Gasteiger partial charge < -0.3 is 9.84 Å². The van der Waals surface area contributed by atoms with Gasteiger partial charge in [-0.1, -0.05) is 25.5 Å². The first kappa shape index (κ1) is 14.0. The van der Waals surface area contributed by atoms with Crippen molar-refractivity contribution in [2.75, 3.05) is 6.61 Å². The van der Waals surface area contributed by atoms with Crippen LogP contribution in [0.1, 0.15) is 65.2 Å². The molecule has 1 spiro atoms. The molecule has 2 nitrogen and oxygen atoms in total. The smallest absolute Gasteiger partial charge is 0.0972 e. The van der Waals surface area contributed by atoms with Gasteiger partial charge in [-0.05, 0) is 74.5 Å². The fourth-order valence-corrected chi connectivity index (χ4v) is 7.30. The van der Waals surface area contributed by atoms with E-state index in [1.807, 2.05) is 0 Å². The van der Waals surface area contributed by atoms with E-state index in [1.165, 1.54) is 38.5 Å². The van der Waals surface area contributed by atoms with Crippen molar-refractivity contribution < 1.29 is 9.84 Å². The van der Waals surface area contributed by atoms with E-state index in [9.17, 15) is 5.11 Å². The number of fused-ring (bicyclic) bond motifs is 6. The van der Waals surface area contributed by atoms with E-state index in [1.54, 1.807) is 5.57 Å². The Kier molecular flexibility index (Phi) is 2.67. The van der Waals surface area contributed by atoms with Crippen LogP contribution in [0.5, 0.6) is 0 Å². The highest BCUT2D eigenvalue weighted by atomic mass is 16.6. The first-order valence-corrected chi connectivity index (χ1v) is 9.50. The van der Waals surface area contributed by atoms with E-state index in [4.69, 9.17) is 4.74 Å². The van der Waals surface area contributed by atoms with Crippen LogP contribution in [-0.4, -0.2) is 23.4 Å². The van der Waals surface area contributed by atoms with Gasteiger partial charge in [-0.15, -0.1) is 0 Å². The molecule has 122 valence electrons. The third-order valence-corrected chi connectivity index (χ3v) is 8.86. The van der Waals surface area contributed by atoms with Crippen LogP contribution in [0.25, 0.3) is 0 Å². The Hall–Kier alpha value is -0.340. The van der Waals surface area contributed by atoms with E-state index in [2.05, 4.69) is 19.9 Å². The van der Waals surface area contributed by atoms with E-state index < -0.39 is 0 Å². The molecule has 3 saturated carbocycles. The standard InChI is InChI=1S/C20H30O2/c1-18-8-5-14(21)11-13(18)3-4-15-16(18)6-9-19(2)17(15)7-10-20(19)12-22-20/h3,14-17,21H,4-12H2,1-2H3/t14-,15+,16-,17-,18-,19-,20+/m0/s1. The lowest BCUT2D eigenvalue weighted by Crippen LogP contribution is -2.51. The minimum atomic E-state index is -0.0839. The molecule has 1 heterocycles. The summed E-state index contributed by atoms with van der Waals surface area (Å²) in [4.78, 5) is 0. The summed E-state index contributed by atoms with van der Waals surface area (Å²) in [5.41, 5.74) is 2.69. The number of hydrogen-bond donors (Lipinski definition) is 1. The van der Waals surface area contributed by atoms with Gasteiger partial charge in [0.1, 0.15) is 0 Å². The van der Waals surface area contributed by atoms with Crippen molar-refractivity contribution >= 4 is 0 Å². The van der Waals surface area contributed by atoms with Gasteiger partial charge >= 0.3 is 0 Å². The Bertz CT molecular complexity index is 534. The molecule has 7 atom stereocenters. The molecule has 0 aromatic carbocycles. The second-order valence-electron chi connectivity index (χ2n) is 9.43. The molecule has 0 bridgehead atoms. The SMILES string of the molecule is C[C@]12CC[C@H](O)CC1=CC[C@@H]1[C@@H]2CC[C@@]2(C)[C@H]1CC[C@@]21CO1. The maximum atomic E-state index is 10.1. The summed E-state index contributed by atoms with van der Waals surface area (Å²) in [6.07, 6.45) is 12.3. The van der Waals surface area contributed by atoms with Crippen LogP contribution in [0.2, 0.25) is 0 Å². The average molecular weight is 302 g/mol. The van der Waals surface area contributed by atoms with Crippen molar-refractivity contribution in [2.24, 2.45) is 28.6 Å². The molecule has 0 aromatic heterocycles. The first-order valence-electron chi connectivity index (χ1n) is 9.50. The van der Waals surface area contributed by atoms with Crippen molar-refractivity contribution in [2.45, 2.75) is 76.9 Å². The predicted molar refractivity (Wildman–Crippen MR) is 86.4 cm³/mol. The van der Waals surface area contributed by atoms with Crippen LogP contribution in [0.15, 0.2) is 11.6 Å². The molecule has 2 heteroatoms. The predicted octanol–water partition coefficient (Wildman–Crippen LogP) is 4.08. The molecule has 4 fully saturated rings. The molecule has 0 amide bonds. The molecule has 22 heavy (non-hydrogen) atoms. The highest BCUT2D eigenvalue weighted by Crippen LogP contribution is 2.70. The van der Waals surface area contributed by atoms with Crippen LogP contribution < -0.4 is 0 Å². The van der Waals surface area contributed by atoms with Gasteiger partial charge in [-0.25, -0.2) is 0 Å². The maximum absolute atomic E-state index is 10.1. The molecule has 0 aromatic rings. The summed E-state index contributed by atoms with van der Waals surface area (Å²) in [6, 6.07) is 0. The van der Waals surface area contributed by atoms with Gasteiger partial charge in [0.2, 0.25) is 0 Å². The Morgan fingerprint density at radius 2 is 1.86 bits per heavy atom. The summed E-state index contributed by atoms with van der Waals surface area (Å²) < 4.78 is 6.01. The van der Waals surface area contributed by atoms with Gasteiger partial charge in [-0.2, -0.15) is 0 Å². The molecular weight excluding hydrogens is 272 g/mol. The summed E-state index contributed by atoms with van der Waals surface area (Å²) in [7, 11) is 0. The number of allylic oxidation sites excluding steroid dienone is 1. The zero-order chi connectivity index (χ0) is 15.2. The van der Waals surface area contributed by atoms with Crippen LogP contribution in [0, 0.1) is 28.6 Å². The fourth-order valence-electron chi connectivity index (χ4n) is 7.30. The van der Waals surface area contributed by atoms with Gasteiger partial charge in [0, 0.05) is 5.41 Å². The summed E-state index contributed by atoms with van der Waals surface area (Å²) in [6.45, 7) is 6.09. The molecule has 4 aliphatic carbocycles. The highest BCUT2D eigenvalue weighted by molar-refractivity contribution is 5.27.